The van der Waals surface area contributed by atoms with Crippen molar-refractivity contribution in [2.45, 2.75) is 147 Å². The normalized spacial score (nSPS) is 20.3. The van der Waals surface area contributed by atoms with E-state index in [1.165, 1.54) is 7.05 Å². The number of nitrogens with one attached hydrogen (secondary N) is 5. The second-order valence-corrected chi connectivity index (χ2v) is 17.7. The maximum absolute atomic E-state index is 14.0. The minimum atomic E-state index is -2.73. The fourth-order valence-corrected chi connectivity index (χ4v) is 9.16. The molecule has 0 spiro atoms. The molecule has 2 saturated heterocycles. The van der Waals surface area contributed by atoms with Crippen LogP contribution in [-0.4, -0.2) is 120 Å². The van der Waals surface area contributed by atoms with Crippen molar-refractivity contribution in [3.8, 4) is 0 Å². The predicted molar refractivity (Wildman–Crippen MR) is 233 cm³/mol. The first kappa shape index (κ1) is 49.5. The number of amides is 5. The van der Waals surface area contributed by atoms with Crippen LogP contribution in [0.15, 0.2) is 24.3 Å². The average Bonchev–Trinajstić information content (AvgIpc) is 3.75. The number of aryl methyl sites for hydroxylation is 1. The molecule has 1 unspecified atom stereocenters. The van der Waals surface area contributed by atoms with Crippen LogP contribution >= 0.6 is 0 Å². The highest BCUT2D eigenvalue weighted by Crippen LogP contribution is 2.43. The van der Waals surface area contributed by atoms with Crippen molar-refractivity contribution in [2.75, 3.05) is 58.4 Å². The van der Waals surface area contributed by atoms with Gasteiger partial charge in [0.25, 0.3) is 0 Å². The lowest BCUT2D eigenvalue weighted by Crippen LogP contribution is -2.45. The molecule has 3 heterocycles. The third-order valence-corrected chi connectivity index (χ3v) is 12.5. The first-order chi connectivity index (χ1) is 30.2. The van der Waals surface area contributed by atoms with Crippen molar-refractivity contribution in [1.82, 2.24) is 40.9 Å². The number of aromatic nitrogens is 3. The summed E-state index contributed by atoms with van der Waals surface area (Å²) in [4.78, 5) is 64.2. The smallest absolute Gasteiger partial charge is 0.250 e. The first-order valence-corrected chi connectivity index (χ1v) is 22.9. The number of likely N-dealkylation sites (N-methyl/N-ethyl adjacent to an activating group) is 1. The zero-order chi connectivity index (χ0) is 45.4. The molecule has 350 valence electrons. The molecule has 4 atom stereocenters. The zero-order valence-corrected chi connectivity index (χ0v) is 37.5. The van der Waals surface area contributed by atoms with E-state index in [0.29, 0.717) is 43.3 Å². The minimum absolute atomic E-state index is 0.142. The van der Waals surface area contributed by atoms with Gasteiger partial charge in [0.2, 0.25) is 35.5 Å². The molecule has 2 bridgehead atoms. The molecule has 3 aliphatic rings. The van der Waals surface area contributed by atoms with Crippen LogP contribution in [-0.2, 0) is 33.4 Å². The Balaban J connectivity index is 1.04. The molecule has 1 aliphatic carbocycles. The topological polar surface area (TPSA) is 198 Å². The van der Waals surface area contributed by atoms with Gasteiger partial charge in [-0.1, -0.05) is 45.2 Å². The summed E-state index contributed by atoms with van der Waals surface area (Å²) < 4.78 is 40.7. The Morgan fingerprint density at radius 1 is 0.794 bits per heavy atom. The van der Waals surface area contributed by atoms with Crippen molar-refractivity contribution < 1.29 is 42.2 Å². The lowest BCUT2D eigenvalue weighted by atomic mass is 9.86. The van der Waals surface area contributed by atoms with Gasteiger partial charge in [0.1, 0.15) is 38.1 Å². The van der Waals surface area contributed by atoms with Crippen molar-refractivity contribution >= 4 is 35.2 Å². The fourth-order valence-electron chi connectivity index (χ4n) is 9.16. The van der Waals surface area contributed by atoms with Gasteiger partial charge >= 0.3 is 0 Å². The Bertz CT molecular complexity index is 1800. The van der Waals surface area contributed by atoms with Crippen molar-refractivity contribution in [1.29, 1.82) is 0 Å². The van der Waals surface area contributed by atoms with Gasteiger partial charge in [-0.05, 0) is 82.4 Å². The summed E-state index contributed by atoms with van der Waals surface area (Å²) in [7, 11) is 1.50. The Hall–Kier alpha value is -4.55. The number of unbranched alkanes of at least 4 members (excludes halogenated alkanes) is 4. The van der Waals surface area contributed by atoms with E-state index in [2.05, 4.69) is 60.1 Å². The number of hydrogen-bond donors (Lipinski definition) is 5. The highest BCUT2D eigenvalue weighted by molar-refractivity contribution is 5.92. The molecule has 1 aromatic heterocycles. The lowest BCUT2D eigenvalue weighted by molar-refractivity contribution is -0.131. The molecule has 18 heteroatoms. The maximum Gasteiger partial charge on any atom is 0.250 e. The lowest BCUT2D eigenvalue weighted by Gasteiger charge is -2.40. The number of anilines is 1. The number of nitrogens with zero attached hydrogens (tertiary/aromatic N) is 4. The molecular formula is C45H69F2N9O7. The number of halogens is 2. The third-order valence-electron chi connectivity index (χ3n) is 12.5. The van der Waals surface area contributed by atoms with Crippen LogP contribution in [0.25, 0.3) is 0 Å². The van der Waals surface area contributed by atoms with Crippen LogP contribution in [0.5, 0.6) is 0 Å². The molecular weight excluding hydrogens is 817 g/mol. The fraction of sp³-hybridized carbons (Fsp3) is 0.711. The van der Waals surface area contributed by atoms with Gasteiger partial charge in [-0.3, -0.25) is 28.9 Å². The molecule has 3 fully saturated rings. The van der Waals surface area contributed by atoms with Crippen molar-refractivity contribution in [3.63, 3.8) is 0 Å². The quantitative estimate of drug-likeness (QED) is 0.0860. The molecule has 0 radical (unpaired) electrons. The number of carbonyl (C=O) groups is 5. The minimum Gasteiger partial charge on any atom is -0.362 e. The van der Waals surface area contributed by atoms with Crippen LogP contribution in [0.1, 0.15) is 139 Å². The van der Waals surface area contributed by atoms with Crippen LogP contribution in [0.3, 0.4) is 0 Å². The molecule has 2 aliphatic heterocycles. The SMILES string of the molecule is CNC(=O)COCC(=O)NCCCCCCCNC(=O)COCC(=O)Nc1cccc([C@H](CCN2[C@@H]3CC[C@H]2CC(n2c(C)nnc2C(C)C)C3)NC(=O)C2CCC(F)(F)CC2)c1. The molecule has 1 saturated carbocycles. The van der Waals surface area contributed by atoms with Gasteiger partial charge in [0, 0.05) is 75.2 Å². The summed E-state index contributed by atoms with van der Waals surface area (Å²) >= 11 is 0. The number of fused-ring (bicyclic) bond motifs is 2. The zero-order valence-electron chi connectivity index (χ0n) is 37.5. The van der Waals surface area contributed by atoms with Gasteiger partial charge in [-0.15, -0.1) is 10.2 Å². The van der Waals surface area contributed by atoms with E-state index in [1.807, 2.05) is 25.1 Å². The number of hydrogen-bond acceptors (Lipinski definition) is 10. The number of rotatable bonds is 25. The van der Waals surface area contributed by atoms with E-state index in [4.69, 9.17) is 9.47 Å². The summed E-state index contributed by atoms with van der Waals surface area (Å²) in [5.74, 6) is -2.49. The van der Waals surface area contributed by atoms with E-state index in [0.717, 1.165) is 81.5 Å². The van der Waals surface area contributed by atoms with Crippen LogP contribution in [0, 0.1) is 12.8 Å². The van der Waals surface area contributed by atoms with Gasteiger partial charge in [0.05, 0.1) is 6.04 Å². The van der Waals surface area contributed by atoms with Gasteiger partial charge in [-0.2, -0.15) is 0 Å². The standard InChI is InChI=1S/C45H69F2N9O7/c1-30(2)43-54-53-31(3)56(43)37-24-35-13-14-36(25-37)55(35)22-17-38(52-44(61)32-15-18-45(46,47)19-16-32)33-11-10-12-34(23-33)51-42(60)29-63-28-41(59)50-21-9-7-5-6-8-20-49-40(58)27-62-26-39(57)48-4/h10-12,23,30,32,35-38H,5-9,13-22,24-29H2,1-4H3,(H,48,57)(H,49,58)(H,50,59)(H,51,60)(H,52,61)/t35-,36+,37?,38-/m0/s1. The van der Waals surface area contributed by atoms with Crippen molar-refractivity contribution in [2.24, 2.45) is 5.92 Å². The molecule has 16 nitrogen and oxygen atoms in total. The summed E-state index contributed by atoms with van der Waals surface area (Å²) in [6, 6.07) is 8.02. The van der Waals surface area contributed by atoms with E-state index in [9.17, 15) is 32.8 Å². The highest BCUT2D eigenvalue weighted by atomic mass is 19.3. The first-order valence-electron chi connectivity index (χ1n) is 22.9. The second kappa shape index (κ2) is 24.5. The summed E-state index contributed by atoms with van der Waals surface area (Å²) in [5, 5.41) is 22.9. The van der Waals surface area contributed by atoms with E-state index >= 15 is 0 Å². The van der Waals surface area contributed by atoms with E-state index in [-0.39, 0.29) is 81.7 Å². The number of ether oxygens (including phenoxy) is 2. The predicted octanol–water partition coefficient (Wildman–Crippen LogP) is 4.85. The van der Waals surface area contributed by atoms with Gasteiger partial charge in [-0.25, -0.2) is 8.78 Å². The molecule has 63 heavy (non-hydrogen) atoms. The van der Waals surface area contributed by atoms with Crippen molar-refractivity contribution in [3.05, 3.63) is 41.5 Å². The Morgan fingerprint density at radius 2 is 1.38 bits per heavy atom. The maximum atomic E-state index is 14.0. The number of piperidine rings is 1. The van der Waals surface area contributed by atoms with Crippen LogP contribution in [0.4, 0.5) is 14.5 Å². The number of carbonyl (C=O) groups excluding carboxylic acids is 5. The Kier molecular flexibility index (Phi) is 19.2. The van der Waals surface area contributed by atoms with Crippen LogP contribution in [0.2, 0.25) is 0 Å². The summed E-state index contributed by atoms with van der Waals surface area (Å²) in [6.45, 7) is 7.16. The monoisotopic (exact) mass is 886 g/mol. The van der Waals surface area contributed by atoms with E-state index in [1.54, 1.807) is 6.07 Å². The number of alkyl halides is 2. The van der Waals surface area contributed by atoms with Crippen LogP contribution < -0.4 is 26.6 Å². The largest absolute Gasteiger partial charge is 0.362 e. The summed E-state index contributed by atoms with van der Waals surface area (Å²) in [5.41, 5.74) is 1.32. The van der Waals surface area contributed by atoms with Gasteiger partial charge in [0.15, 0.2) is 0 Å². The Labute approximate surface area is 370 Å². The second-order valence-electron chi connectivity index (χ2n) is 17.7. The highest BCUT2D eigenvalue weighted by Gasteiger charge is 2.43. The number of benzene rings is 1. The third kappa shape index (κ3) is 15.6. The molecule has 5 N–H and O–H groups in total. The molecule has 5 amide bonds. The summed E-state index contributed by atoms with van der Waals surface area (Å²) in [6.07, 6.45) is 8.86. The molecule has 5 rings (SSSR count). The average molecular weight is 886 g/mol. The van der Waals surface area contributed by atoms with Gasteiger partial charge < -0.3 is 40.6 Å². The molecule has 2 aromatic rings. The molecule has 1 aromatic carbocycles. The Morgan fingerprint density at radius 3 is 1.98 bits per heavy atom. The van der Waals surface area contributed by atoms with E-state index < -0.39 is 23.8 Å².